The zero-order valence-corrected chi connectivity index (χ0v) is 15.5. The standard InChI is InChI=1S/C17H25N5O2S/c1-10-5-20-16(21-15(10)18)22-7-12-11(6-19-14(23)8-25-2)13-3-4-17(12,9-22)24-13/h5,11-13H,3-4,6-9H2,1-2H3,(H,19,23)(H2,18,20,21)/t11-,12+,13+,17+/m0/s1. The second-order valence-electron chi connectivity index (χ2n) is 7.39. The predicted octanol–water partition coefficient (Wildman–Crippen LogP) is 0.830. The lowest BCUT2D eigenvalue weighted by molar-refractivity contribution is -0.118. The normalized spacial score (nSPS) is 32.9. The molecule has 1 aromatic rings. The van der Waals surface area contributed by atoms with Crippen LogP contribution in [0.4, 0.5) is 11.8 Å². The molecule has 1 aromatic heterocycles. The molecule has 4 heterocycles. The Kier molecular flexibility index (Phi) is 4.27. The van der Waals surface area contributed by atoms with Gasteiger partial charge in [0, 0.05) is 36.7 Å². The zero-order valence-electron chi connectivity index (χ0n) is 14.7. The van der Waals surface area contributed by atoms with Gasteiger partial charge in [-0.2, -0.15) is 16.7 Å². The summed E-state index contributed by atoms with van der Waals surface area (Å²) < 4.78 is 6.41. The molecule has 3 fully saturated rings. The topological polar surface area (TPSA) is 93.4 Å². The first-order valence-corrected chi connectivity index (χ1v) is 10.2. The molecule has 7 nitrogen and oxygen atoms in total. The van der Waals surface area contributed by atoms with Crippen LogP contribution in [0.5, 0.6) is 0 Å². The maximum Gasteiger partial charge on any atom is 0.229 e. The van der Waals surface area contributed by atoms with Crippen LogP contribution in [-0.2, 0) is 9.53 Å². The quantitative estimate of drug-likeness (QED) is 0.800. The summed E-state index contributed by atoms with van der Waals surface area (Å²) in [6.07, 6.45) is 6.14. The summed E-state index contributed by atoms with van der Waals surface area (Å²) in [5.41, 5.74) is 6.74. The van der Waals surface area contributed by atoms with E-state index in [1.807, 2.05) is 13.2 Å². The van der Waals surface area contributed by atoms with Crippen molar-refractivity contribution in [1.29, 1.82) is 0 Å². The van der Waals surface area contributed by atoms with Gasteiger partial charge in [0.15, 0.2) is 0 Å². The Morgan fingerprint density at radius 1 is 1.60 bits per heavy atom. The van der Waals surface area contributed by atoms with Crippen molar-refractivity contribution in [2.75, 3.05) is 42.3 Å². The van der Waals surface area contributed by atoms with E-state index in [9.17, 15) is 4.79 Å². The molecule has 0 radical (unpaired) electrons. The lowest BCUT2D eigenvalue weighted by Gasteiger charge is -2.29. The maximum atomic E-state index is 11.8. The molecular weight excluding hydrogens is 338 g/mol. The SMILES string of the molecule is CSCC(=O)NC[C@H]1[C@H]2CN(c3ncc(C)c(N)n3)C[C@]23CC[C@H]1O3. The van der Waals surface area contributed by atoms with Crippen molar-refractivity contribution in [3.63, 3.8) is 0 Å². The fourth-order valence-electron chi connectivity index (χ4n) is 4.63. The summed E-state index contributed by atoms with van der Waals surface area (Å²) >= 11 is 1.55. The van der Waals surface area contributed by atoms with E-state index in [2.05, 4.69) is 20.2 Å². The number of thioether (sulfide) groups is 1. The third-order valence-electron chi connectivity index (χ3n) is 5.88. The van der Waals surface area contributed by atoms with E-state index < -0.39 is 0 Å². The van der Waals surface area contributed by atoms with E-state index >= 15 is 0 Å². The number of ether oxygens (including phenoxy) is 1. The van der Waals surface area contributed by atoms with Gasteiger partial charge in [-0.3, -0.25) is 4.79 Å². The van der Waals surface area contributed by atoms with Crippen LogP contribution in [0.1, 0.15) is 18.4 Å². The number of fused-ring (bicyclic) bond motifs is 1. The number of aromatic nitrogens is 2. The molecule has 3 saturated heterocycles. The Morgan fingerprint density at radius 2 is 2.44 bits per heavy atom. The highest BCUT2D eigenvalue weighted by Crippen LogP contribution is 2.54. The van der Waals surface area contributed by atoms with E-state index in [1.54, 1.807) is 18.0 Å². The third-order valence-corrected chi connectivity index (χ3v) is 6.43. The van der Waals surface area contributed by atoms with Crippen molar-refractivity contribution in [3.05, 3.63) is 11.8 Å². The van der Waals surface area contributed by atoms with E-state index in [0.717, 1.165) is 31.5 Å². The van der Waals surface area contributed by atoms with E-state index in [0.29, 0.717) is 35.9 Å². The number of nitrogen functional groups attached to an aromatic ring is 1. The fourth-order valence-corrected chi connectivity index (χ4v) is 4.99. The molecule has 4 atom stereocenters. The largest absolute Gasteiger partial charge is 0.383 e. The van der Waals surface area contributed by atoms with Gasteiger partial charge in [-0.05, 0) is 26.0 Å². The number of carbonyl (C=O) groups is 1. The molecule has 0 aliphatic carbocycles. The van der Waals surface area contributed by atoms with Crippen LogP contribution in [0, 0.1) is 18.8 Å². The van der Waals surface area contributed by atoms with Gasteiger partial charge in [-0.25, -0.2) is 4.98 Å². The first-order valence-electron chi connectivity index (χ1n) is 8.80. The van der Waals surface area contributed by atoms with Crippen molar-refractivity contribution in [2.24, 2.45) is 11.8 Å². The van der Waals surface area contributed by atoms with Crippen LogP contribution in [-0.4, -0.2) is 59.2 Å². The Labute approximate surface area is 152 Å². The second-order valence-corrected chi connectivity index (χ2v) is 8.25. The van der Waals surface area contributed by atoms with Crippen LogP contribution in [0.25, 0.3) is 0 Å². The van der Waals surface area contributed by atoms with Gasteiger partial charge in [0.1, 0.15) is 5.82 Å². The van der Waals surface area contributed by atoms with Gasteiger partial charge in [0.25, 0.3) is 0 Å². The number of hydrogen-bond donors (Lipinski definition) is 2. The predicted molar refractivity (Wildman–Crippen MR) is 98.6 cm³/mol. The molecule has 8 heteroatoms. The number of rotatable bonds is 5. The summed E-state index contributed by atoms with van der Waals surface area (Å²) in [4.78, 5) is 22.9. The fraction of sp³-hybridized carbons (Fsp3) is 0.706. The van der Waals surface area contributed by atoms with Gasteiger partial charge < -0.3 is 20.7 Å². The van der Waals surface area contributed by atoms with E-state index in [1.165, 1.54) is 0 Å². The summed E-state index contributed by atoms with van der Waals surface area (Å²) in [5.74, 6) is 2.61. The van der Waals surface area contributed by atoms with Crippen molar-refractivity contribution < 1.29 is 9.53 Å². The highest BCUT2D eigenvalue weighted by atomic mass is 32.2. The van der Waals surface area contributed by atoms with Gasteiger partial charge >= 0.3 is 0 Å². The first-order chi connectivity index (χ1) is 12.0. The lowest BCUT2D eigenvalue weighted by atomic mass is 9.73. The number of nitrogens with two attached hydrogens (primary N) is 1. The summed E-state index contributed by atoms with van der Waals surface area (Å²) in [6.45, 7) is 4.28. The number of anilines is 2. The number of hydrogen-bond acceptors (Lipinski definition) is 7. The smallest absolute Gasteiger partial charge is 0.229 e. The average Bonchev–Trinajstić information content (AvgIpc) is 3.24. The molecule has 136 valence electrons. The summed E-state index contributed by atoms with van der Waals surface area (Å²) in [5, 5.41) is 3.08. The van der Waals surface area contributed by atoms with Crippen LogP contribution < -0.4 is 16.0 Å². The van der Waals surface area contributed by atoms with Crippen molar-refractivity contribution in [2.45, 2.75) is 31.5 Å². The molecule has 2 bridgehead atoms. The molecule has 4 rings (SSSR count). The average molecular weight is 363 g/mol. The molecule has 25 heavy (non-hydrogen) atoms. The molecule has 0 unspecified atom stereocenters. The monoisotopic (exact) mass is 363 g/mol. The highest BCUT2D eigenvalue weighted by Gasteiger charge is 2.63. The molecule has 3 aliphatic heterocycles. The number of amides is 1. The molecular formula is C17H25N5O2S. The lowest BCUT2D eigenvalue weighted by Crippen LogP contribution is -2.42. The second kappa shape index (κ2) is 6.32. The zero-order chi connectivity index (χ0) is 17.6. The van der Waals surface area contributed by atoms with Gasteiger partial charge in [-0.15, -0.1) is 0 Å². The van der Waals surface area contributed by atoms with Gasteiger partial charge in [0.05, 0.1) is 24.0 Å². The molecule has 0 saturated carbocycles. The molecule has 0 aromatic carbocycles. The van der Waals surface area contributed by atoms with Crippen LogP contribution in [0.2, 0.25) is 0 Å². The minimum Gasteiger partial charge on any atom is -0.383 e. The first kappa shape index (κ1) is 16.9. The number of aryl methyl sites for hydroxylation is 1. The maximum absolute atomic E-state index is 11.8. The number of nitrogens with zero attached hydrogens (tertiary/aromatic N) is 3. The summed E-state index contributed by atoms with van der Waals surface area (Å²) in [6, 6.07) is 0. The Bertz CT molecular complexity index is 687. The van der Waals surface area contributed by atoms with Crippen molar-refractivity contribution >= 4 is 29.4 Å². The minimum absolute atomic E-state index is 0.105. The van der Waals surface area contributed by atoms with Crippen molar-refractivity contribution in [3.8, 4) is 0 Å². The van der Waals surface area contributed by atoms with Gasteiger partial charge in [0.2, 0.25) is 11.9 Å². The summed E-state index contributed by atoms with van der Waals surface area (Å²) in [7, 11) is 0. The van der Waals surface area contributed by atoms with Crippen LogP contribution in [0.3, 0.4) is 0 Å². The Hall–Kier alpha value is -1.54. The third kappa shape index (κ3) is 2.85. The van der Waals surface area contributed by atoms with Crippen molar-refractivity contribution in [1.82, 2.24) is 15.3 Å². The minimum atomic E-state index is -0.109. The molecule has 3 aliphatic rings. The Balaban J connectivity index is 1.48. The highest BCUT2D eigenvalue weighted by molar-refractivity contribution is 7.99. The van der Waals surface area contributed by atoms with Crippen LogP contribution >= 0.6 is 11.8 Å². The number of nitrogens with one attached hydrogen (secondary N) is 1. The molecule has 1 amide bonds. The van der Waals surface area contributed by atoms with E-state index in [-0.39, 0.29) is 17.6 Å². The number of carbonyl (C=O) groups excluding carboxylic acids is 1. The van der Waals surface area contributed by atoms with Gasteiger partial charge in [-0.1, -0.05) is 0 Å². The molecule has 3 N–H and O–H groups in total. The Morgan fingerprint density at radius 3 is 3.20 bits per heavy atom. The van der Waals surface area contributed by atoms with E-state index in [4.69, 9.17) is 10.5 Å². The van der Waals surface area contributed by atoms with Crippen LogP contribution in [0.15, 0.2) is 6.20 Å². The molecule has 1 spiro atoms.